The lowest BCUT2D eigenvalue weighted by molar-refractivity contribution is 0.000764. The van der Waals surface area contributed by atoms with Gasteiger partial charge in [0.1, 0.15) is 0 Å². The molecule has 5 rings (SSSR count). The highest BCUT2D eigenvalue weighted by Gasteiger charge is 2.48. The second-order valence-electron chi connectivity index (χ2n) is 7.71. The van der Waals surface area contributed by atoms with E-state index in [0.717, 1.165) is 49.3 Å². The molecule has 112 valence electrons. The Labute approximate surface area is 122 Å². The smallest absolute Gasteiger partial charge is 0.191 e. The predicted octanol–water partition coefficient (Wildman–Crippen LogP) is 1.42. The van der Waals surface area contributed by atoms with E-state index in [-0.39, 0.29) is 0 Å². The molecule has 0 aromatic rings. The third kappa shape index (κ3) is 2.22. The van der Waals surface area contributed by atoms with Crippen molar-refractivity contribution in [3.05, 3.63) is 0 Å². The molecule has 4 saturated carbocycles. The van der Waals surface area contributed by atoms with Crippen LogP contribution in [0.3, 0.4) is 0 Å². The van der Waals surface area contributed by atoms with Gasteiger partial charge in [0.05, 0.1) is 6.04 Å². The fourth-order valence-electron chi connectivity index (χ4n) is 5.48. The molecule has 0 unspecified atom stereocenters. The highest BCUT2D eigenvalue weighted by Crippen LogP contribution is 2.54. The molecule has 4 bridgehead atoms. The van der Waals surface area contributed by atoms with Crippen LogP contribution in [-0.2, 0) is 0 Å². The van der Waals surface area contributed by atoms with E-state index >= 15 is 0 Å². The maximum absolute atomic E-state index is 6.34. The number of nitrogens with one attached hydrogen (secondary N) is 1. The summed E-state index contributed by atoms with van der Waals surface area (Å²) in [5.74, 6) is 4.53. The standard InChI is InChI=1S/C16H28N4/c1-10-9-20(3-2-18-10)16(17)19-15-13-5-11-4-12(7-13)8-14(15)6-11/h10-15,18H,2-9H2,1H3,(H2,17,19)/t10-,11?,12?,13?,14?,15?/m0/s1. The number of hydrogen-bond donors (Lipinski definition) is 2. The SMILES string of the molecule is C[C@H]1CN(C(N)=NC2C3CC4CC(C3)CC2C4)CCN1. The summed E-state index contributed by atoms with van der Waals surface area (Å²) >= 11 is 0. The van der Waals surface area contributed by atoms with Crippen LogP contribution in [0.1, 0.15) is 39.0 Å². The fraction of sp³-hybridized carbons (Fsp3) is 0.938. The van der Waals surface area contributed by atoms with Crippen molar-refractivity contribution < 1.29 is 0 Å². The van der Waals surface area contributed by atoms with Gasteiger partial charge in [-0.3, -0.25) is 0 Å². The summed E-state index contributed by atoms with van der Waals surface area (Å²) in [5, 5.41) is 3.47. The Hall–Kier alpha value is -0.770. The topological polar surface area (TPSA) is 53.6 Å². The molecule has 4 nitrogen and oxygen atoms in total. The van der Waals surface area contributed by atoms with E-state index in [2.05, 4.69) is 17.1 Å². The fourth-order valence-corrected chi connectivity index (χ4v) is 5.48. The van der Waals surface area contributed by atoms with E-state index < -0.39 is 0 Å². The van der Waals surface area contributed by atoms with Gasteiger partial charge in [-0.15, -0.1) is 0 Å². The Morgan fingerprint density at radius 1 is 1.10 bits per heavy atom. The van der Waals surface area contributed by atoms with Crippen LogP contribution in [0.25, 0.3) is 0 Å². The molecule has 1 saturated heterocycles. The monoisotopic (exact) mass is 276 g/mol. The van der Waals surface area contributed by atoms with Crippen LogP contribution in [0.5, 0.6) is 0 Å². The van der Waals surface area contributed by atoms with Crippen molar-refractivity contribution in [2.45, 2.75) is 51.1 Å². The van der Waals surface area contributed by atoms with Crippen molar-refractivity contribution >= 4 is 5.96 Å². The van der Waals surface area contributed by atoms with Crippen molar-refractivity contribution in [3.8, 4) is 0 Å². The Kier molecular flexibility index (Phi) is 3.17. The van der Waals surface area contributed by atoms with E-state index in [0.29, 0.717) is 12.1 Å². The van der Waals surface area contributed by atoms with E-state index in [1.54, 1.807) is 0 Å². The Balaban J connectivity index is 1.48. The summed E-state index contributed by atoms with van der Waals surface area (Å²) in [5.41, 5.74) is 6.34. The Bertz CT molecular complexity index is 377. The summed E-state index contributed by atoms with van der Waals surface area (Å²) in [6, 6.07) is 1.06. The van der Waals surface area contributed by atoms with E-state index in [1.165, 1.54) is 32.1 Å². The van der Waals surface area contributed by atoms with Crippen LogP contribution >= 0.6 is 0 Å². The minimum absolute atomic E-state index is 0.524. The predicted molar refractivity (Wildman–Crippen MR) is 81.5 cm³/mol. The molecule has 0 aromatic carbocycles. The first kappa shape index (κ1) is 12.9. The highest BCUT2D eigenvalue weighted by molar-refractivity contribution is 5.78. The van der Waals surface area contributed by atoms with Crippen molar-refractivity contribution in [1.82, 2.24) is 10.2 Å². The first-order chi connectivity index (χ1) is 9.69. The molecule has 0 aromatic heterocycles. The van der Waals surface area contributed by atoms with E-state index in [9.17, 15) is 0 Å². The van der Waals surface area contributed by atoms with Crippen molar-refractivity contribution in [1.29, 1.82) is 0 Å². The van der Waals surface area contributed by atoms with E-state index in [4.69, 9.17) is 10.7 Å². The van der Waals surface area contributed by atoms with Crippen molar-refractivity contribution in [2.75, 3.05) is 19.6 Å². The summed E-state index contributed by atoms with van der Waals surface area (Å²) in [4.78, 5) is 7.31. The molecule has 0 amide bonds. The summed E-state index contributed by atoms with van der Waals surface area (Å²) in [6.07, 6.45) is 7.20. The molecule has 3 N–H and O–H groups in total. The van der Waals surface area contributed by atoms with Gasteiger partial charge in [0.2, 0.25) is 0 Å². The lowest BCUT2D eigenvalue weighted by Crippen LogP contribution is -2.55. The molecular weight excluding hydrogens is 248 g/mol. The average molecular weight is 276 g/mol. The molecule has 20 heavy (non-hydrogen) atoms. The number of guanidine groups is 1. The lowest BCUT2D eigenvalue weighted by atomic mass is 9.54. The second-order valence-corrected chi connectivity index (χ2v) is 7.71. The summed E-state index contributed by atoms with van der Waals surface area (Å²) in [7, 11) is 0. The molecule has 1 heterocycles. The quantitative estimate of drug-likeness (QED) is 0.562. The molecule has 4 aliphatic carbocycles. The maximum Gasteiger partial charge on any atom is 0.191 e. The zero-order valence-electron chi connectivity index (χ0n) is 12.6. The molecule has 1 aliphatic heterocycles. The third-order valence-electron chi connectivity index (χ3n) is 6.15. The number of nitrogens with zero attached hydrogens (tertiary/aromatic N) is 2. The third-order valence-corrected chi connectivity index (χ3v) is 6.15. The Morgan fingerprint density at radius 2 is 1.75 bits per heavy atom. The van der Waals surface area contributed by atoms with Crippen LogP contribution in [0.4, 0.5) is 0 Å². The molecule has 4 heteroatoms. The van der Waals surface area contributed by atoms with Gasteiger partial charge in [0.25, 0.3) is 0 Å². The molecule has 5 aliphatic rings. The average Bonchev–Trinajstić information content (AvgIpc) is 2.42. The van der Waals surface area contributed by atoms with Crippen LogP contribution in [-0.4, -0.2) is 42.6 Å². The highest BCUT2D eigenvalue weighted by atomic mass is 15.3. The minimum atomic E-state index is 0.524. The molecule has 1 atom stereocenters. The second kappa shape index (κ2) is 4.90. The first-order valence-electron chi connectivity index (χ1n) is 8.50. The molecular formula is C16H28N4. The Morgan fingerprint density at radius 3 is 2.35 bits per heavy atom. The maximum atomic E-state index is 6.34. The number of aliphatic imine (C=N–C) groups is 1. The number of hydrogen-bond acceptors (Lipinski definition) is 2. The first-order valence-corrected chi connectivity index (χ1v) is 8.50. The molecule has 0 spiro atoms. The van der Waals surface area contributed by atoms with Gasteiger partial charge >= 0.3 is 0 Å². The van der Waals surface area contributed by atoms with Gasteiger partial charge in [-0.2, -0.15) is 0 Å². The van der Waals surface area contributed by atoms with Crippen LogP contribution < -0.4 is 11.1 Å². The van der Waals surface area contributed by atoms with Gasteiger partial charge in [0.15, 0.2) is 5.96 Å². The molecule has 5 fully saturated rings. The largest absolute Gasteiger partial charge is 0.370 e. The van der Waals surface area contributed by atoms with Gasteiger partial charge in [-0.1, -0.05) is 0 Å². The number of nitrogens with two attached hydrogens (primary N) is 1. The van der Waals surface area contributed by atoms with Gasteiger partial charge in [0, 0.05) is 25.7 Å². The van der Waals surface area contributed by atoms with Crippen LogP contribution in [0, 0.1) is 23.7 Å². The van der Waals surface area contributed by atoms with Crippen LogP contribution in [0.15, 0.2) is 4.99 Å². The summed E-state index contributed by atoms with van der Waals surface area (Å²) in [6.45, 7) is 5.26. The number of piperazine rings is 1. The van der Waals surface area contributed by atoms with Gasteiger partial charge in [-0.25, -0.2) is 4.99 Å². The summed E-state index contributed by atoms with van der Waals surface area (Å²) < 4.78 is 0. The van der Waals surface area contributed by atoms with Crippen molar-refractivity contribution in [3.63, 3.8) is 0 Å². The minimum Gasteiger partial charge on any atom is -0.370 e. The van der Waals surface area contributed by atoms with Crippen LogP contribution in [0.2, 0.25) is 0 Å². The van der Waals surface area contributed by atoms with Gasteiger partial charge < -0.3 is 16.0 Å². The zero-order valence-corrected chi connectivity index (χ0v) is 12.6. The number of rotatable bonds is 1. The van der Waals surface area contributed by atoms with E-state index in [1.807, 2.05) is 0 Å². The van der Waals surface area contributed by atoms with Crippen molar-refractivity contribution in [2.24, 2.45) is 34.4 Å². The molecule has 0 radical (unpaired) electrons. The zero-order chi connectivity index (χ0) is 13.7. The normalized spacial score (nSPS) is 47.9. The lowest BCUT2D eigenvalue weighted by Gasteiger charge is -2.53. The van der Waals surface area contributed by atoms with Gasteiger partial charge in [-0.05, 0) is 62.7 Å².